The second kappa shape index (κ2) is 9.72. The van der Waals surface area contributed by atoms with Gasteiger partial charge in [0.05, 0.1) is 10.5 Å². The van der Waals surface area contributed by atoms with E-state index in [0.29, 0.717) is 17.2 Å². The molecule has 2 aromatic rings. The Morgan fingerprint density at radius 2 is 1.87 bits per heavy atom. The first-order valence-electron chi connectivity index (χ1n) is 8.79. The fourth-order valence-electron chi connectivity index (χ4n) is 2.58. The van der Waals surface area contributed by atoms with E-state index in [1.807, 2.05) is 0 Å². The van der Waals surface area contributed by atoms with Gasteiger partial charge in [0.1, 0.15) is 5.69 Å². The second-order valence-electron chi connectivity index (χ2n) is 6.22. The van der Waals surface area contributed by atoms with Gasteiger partial charge in [-0.25, -0.2) is 0 Å². The van der Waals surface area contributed by atoms with Gasteiger partial charge in [0.25, 0.3) is 11.6 Å². The normalized spacial score (nSPS) is 10.9. The van der Waals surface area contributed by atoms with Crippen LogP contribution in [0.15, 0.2) is 42.5 Å². The minimum atomic E-state index is -4.70. The van der Waals surface area contributed by atoms with E-state index in [2.05, 4.69) is 16.0 Å². The first-order chi connectivity index (χ1) is 14.1. The van der Waals surface area contributed by atoms with Gasteiger partial charge in [-0.1, -0.05) is 12.1 Å². The number of nitrogens with zero attached hydrogens (tertiary/aromatic N) is 1. The third-order valence-corrected chi connectivity index (χ3v) is 4.10. The van der Waals surface area contributed by atoms with Gasteiger partial charge in [-0.05, 0) is 29.8 Å². The topological polar surface area (TPSA) is 113 Å². The van der Waals surface area contributed by atoms with Gasteiger partial charge in [0.2, 0.25) is 5.91 Å². The number of halogens is 3. The third-order valence-electron chi connectivity index (χ3n) is 4.10. The van der Waals surface area contributed by atoms with E-state index in [4.69, 9.17) is 0 Å². The van der Waals surface area contributed by atoms with Crippen LogP contribution in [0.2, 0.25) is 0 Å². The smallest absolute Gasteiger partial charge is 0.379 e. The van der Waals surface area contributed by atoms with Crippen LogP contribution in [-0.2, 0) is 17.5 Å². The van der Waals surface area contributed by atoms with Gasteiger partial charge < -0.3 is 16.0 Å². The van der Waals surface area contributed by atoms with Crippen molar-refractivity contribution >= 4 is 23.2 Å². The molecular formula is C19H19F3N4O4. The molecule has 0 aliphatic carbocycles. The summed E-state index contributed by atoms with van der Waals surface area (Å²) < 4.78 is 38.2. The average Bonchev–Trinajstić information content (AvgIpc) is 2.71. The fourth-order valence-corrected chi connectivity index (χ4v) is 2.58. The predicted molar refractivity (Wildman–Crippen MR) is 103 cm³/mol. The average molecular weight is 424 g/mol. The molecular weight excluding hydrogens is 405 g/mol. The fraction of sp³-hybridized carbons (Fsp3) is 0.263. The molecule has 0 unspecified atom stereocenters. The van der Waals surface area contributed by atoms with E-state index in [0.717, 1.165) is 12.1 Å². The minimum Gasteiger partial charge on any atom is -0.379 e. The summed E-state index contributed by atoms with van der Waals surface area (Å²) in [7, 11) is 1.50. The van der Waals surface area contributed by atoms with E-state index < -0.39 is 22.4 Å². The number of nitrogens with one attached hydrogen (secondary N) is 3. The Hall–Kier alpha value is -3.63. The number of rotatable bonds is 8. The summed E-state index contributed by atoms with van der Waals surface area (Å²) >= 11 is 0. The summed E-state index contributed by atoms with van der Waals surface area (Å²) in [6, 6.07) is 8.81. The van der Waals surface area contributed by atoms with Crippen LogP contribution in [0.5, 0.6) is 0 Å². The molecule has 3 N–H and O–H groups in total. The molecule has 0 saturated heterocycles. The zero-order valence-electron chi connectivity index (χ0n) is 15.9. The maximum atomic E-state index is 12.7. The molecule has 0 radical (unpaired) electrons. The summed E-state index contributed by atoms with van der Waals surface area (Å²) in [5.74, 6) is -0.632. The van der Waals surface area contributed by atoms with Crippen molar-refractivity contribution in [2.24, 2.45) is 0 Å². The highest BCUT2D eigenvalue weighted by Crippen LogP contribution is 2.34. The third kappa shape index (κ3) is 6.19. The standard InChI is InChI=1S/C19H19F3N4O4/c1-23-18(28)13-4-2-3-12(9-13)11-25-17(27)7-8-24-15-6-5-14(19(20,21)22)10-16(15)26(29)30/h2-6,9-10,24H,7-8,11H2,1H3,(H,23,28)(H,25,27). The summed E-state index contributed by atoms with van der Waals surface area (Å²) in [6.07, 6.45) is -4.76. The lowest BCUT2D eigenvalue weighted by molar-refractivity contribution is -0.384. The highest BCUT2D eigenvalue weighted by molar-refractivity contribution is 5.94. The van der Waals surface area contributed by atoms with Gasteiger partial charge in [-0.2, -0.15) is 13.2 Å². The monoisotopic (exact) mass is 424 g/mol. The highest BCUT2D eigenvalue weighted by atomic mass is 19.4. The summed E-state index contributed by atoms with van der Waals surface area (Å²) in [6.45, 7) is 0.153. The van der Waals surface area contributed by atoms with Crippen molar-refractivity contribution in [3.8, 4) is 0 Å². The molecule has 0 atom stereocenters. The molecule has 2 rings (SSSR count). The van der Waals surface area contributed by atoms with Crippen molar-refractivity contribution in [3.05, 3.63) is 69.3 Å². The Bertz CT molecular complexity index is 948. The molecule has 0 bridgehead atoms. The van der Waals surface area contributed by atoms with Crippen molar-refractivity contribution in [2.75, 3.05) is 18.9 Å². The number of nitro benzene ring substituents is 1. The van der Waals surface area contributed by atoms with Gasteiger partial charge in [-0.3, -0.25) is 19.7 Å². The van der Waals surface area contributed by atoms with Crippen LogP contribution in [0.1, 0.15) is 27.9 Å². The van der Waals surface area contributed by atoms with E-state index in [1.165, 1.54) is 7.05 Å². The lowest BCUT2D eigenvalue weighted by Gasteiger charge is -2.11. The number of carbonyl (C=O) groups excluding carboxylic acids is 2. The molecule has 30 heavy (non-hydrogen) atoms. The maximum absolute atomic E-state index is 12.7. The van der Waals surface area contributed by atoms with Crippen molar-refractivity contribution in [1.82, 2.24) is 10.6 Å². The Kier molecular flexibility index (Phi) is 7.34. The highest BCUT2D eigenvalue weighted by Gasteiger charge is 2.33. The van der Waals surface area contributed by atoms with Crippen LogP contribution >= 0.6 is 0 Å². The van der Waals surface area contributed by atoms with Crippen molar-refractivity contribution in [2.45, 2.75) is 19.1 Å². The molecule has 160 valence electrons. The number of amides is 2. The van der Waals surface area contributed by atoms with E-state index >= 15 is 0 Å². The number of hydrogen-bond acceptors (Lipinski definition) is 5. The Morgan fingerprint density at radius 3 is 2.50 bits per heavy atom. The van der Waals surface area contributed by atoms with Crippen molar-refractivity contribution < 1.29 is 27.7 Å². The number of anilines is 1. The number of carbonyl (C=O) groups is 2. The van der Waals surface area contributed by atoms with Crippen LogP contribution in [-0.4, -0.2) is 30.3 Å². The zero-order valence-corrected chi connectivity index (χ0v) is 15.9. The minimum absolute atomic E-state index is 0.0175. The van der Waals surface area contributed by atoms with Crippen LogP contribution < -0.4 is 16.0 Å². The first kappa shape index (κ1) is 22.7. The second-order valence-corrected chi connectivity index (χ2v) is 6.22. The molecule has 0 fully saturated rings. The van der Waals surface area contributed by atoms with E-state index in [9.17, 15) is 32.9 Å². The number of benzene rings is 2. The summed E-state index contributed by atoms with van der Waals surface area (Å²) in [5.41, 5.74) is -0.817. The number of hydrogen-bond donors (Lipinski definition) is 3. The largest absolute Gasteiger partial charge is 0.416 e. The quantitative estimate of drug-likeness (QED) is 0.445. The zero-order chi connectivity index (χ0) is 22.3. The molecule has 0 aromatic heterocycles. The Labute approximate surface area is 169 Å². The molecule has 0 heterocycles. The molecule has 0 spiro atoms. The summed E-state index contributed by atoms with van der Waals surface area (Å²) in [4.78, 5) is 33.7. The predicted octanol–water partition coefficient (Wildman–Crippen LogP) is 3.09. The van der Waals surface area contributed by atoms with Crippen LogP contribution in [0.4, 0.5) is 24.5 Å². The molecule has 0 saturated carbocycles. The molecule has 0 aliphatic rings. The van der Waals surface area contributed by atoms with Crippen LogP contribution in [0.25, 0.3) is 0 Å². The van der Waals surface area contributed by atoms with Crippen LogP contribution in [0.3, 0.4) is 0 Å². The van der Waals surface area contributed by atoms with Gasteiger partial charge in [-0.15, -0.1) is 0 Å². The number of alkyl halides is 3. The molecule has 11 heteroatoms. The van der Waals surface area contributed by atoms with E-state index in [-0.39, 0.29) is 37.0 Å². The lowest BCUT2D eigenvalue weighted by Crippen LogP contribution is -2.25. The van der Waals surface area contributed by atoms with Gasteiger partial charge >= 0.3 is 6.18 Å². The molecule has 8 nitrogen and oxygen atoms in total. The maximum Gasteiger partial charge on any atom is 0.416 e. The van der Waals surface area contributed by atoms with Crippen molar-refractivity contribution in [3.63, 3.8) is 0 Å². The number of nitro groups is 1. The Balaban J connectivity index is 1.90. The van der Waals surface area contributed by atoms with Crippen LogP contribution in [0, 0.1) is 10.1 Å². The lowest BCUT2D eigenvalue weighted by atomic mass is 10.1. The first-order valence-corrected chi connectivity index (χ1v) is 8.79. The Morgan fingerprint density at radius 1 is 1.13 bits per heavy atom. The molecule has 2 aromatic carbocycles. The molecule has 2 amide bonds. The van der Waals surface area contributed by atoms with Gasteiger partial charge in [0, 0.05) is 38.2 Å². The van der Waals surface area contributed by atoms with Crippen molar-refractivity contribution in [1.29, 1.82) is 0 Å². The van der Waals surface area contributed by atoms with Gasteiger partial charge in [0.15, 0.2) is 0 Å². The summed E-state index contributed by atoms with van der Waals surface area (Å²) in [5, 5.41) is 18.8. The van der Waals surface area contributed by atoms with E-state index in [1.54, 1.807) is 24.3 Å². The molecule has 0 aliphatic heterocycles. The SMILES string of the molecule is CNC(=O)c1cccc(CNC(=O)CCNc2ccc(C(F)(F)F)cc2[N+](=O)[O-])c1.